The van der Waals surface area contributed by atoms with Crippen LogP contribution in [-0.2, 0) is 21.1 Å². The quantitative estimate of drug-likeness (QED) is 0.118. The van der Waals surface area contributed by atoms with Crippen LogP contribution in [0.5, 0.6) is 5.75 Å². The lowest BCUT2D eigenvalue weighted by Gasteiger charge is -2.23. The molecule has 2 aromatic rings. The van der Waals surface area contributed by atoms with Gasteiger partial charge < -0.3 is 9.47 Å². The lowest BCUT2D eigenvalue weighted by atomic mass is 10.1. The highest BCUT2D eigenvalue weighted by molar-refractivity contribution is 5.91. The third-order valence-corrected chi connectivity index (χ3v) is 5.16. The zero-order valence-electron chi connectivity index (χ0n) is 19.3. The van der Waals surface area contributed by atoms with E-state index in [4.69, 9.17) is 24.5 Å². The highest BCUT2D eigenvalue weighted by atomic mass is 17.2. The maximum absolute atomic E-state index is 12.2. The highest BCUT2D eigenvalue weighted by Gasteiger charge is 2.14. The fourth-order valence-corrected chi connectivity index (χ4v) is 2.74. The summed E-state index contributed by atoms with van der Waals surface area (Å²) in [5.74, 6) is -0.0609. The molecule has 0 aliphatic heterocycles. The normalized spacial score (nSPS) is 11.2. The number of unbranched alkanes of at least 4 members (excludes halogenated alkanes) is 3. The number of nitriles is 1. The Morgan fingerprint density at radius 2 is 1.56 bits per heavy atom. The van der Waals surface area contributed by atoms with Gasteiger partial charge in [-0.25, -0.2) is 14.6 Å². The molecule has 0 saturated heterocycles. The standard InChI is InChI=1S/C26H33NO5/c1-4-26(2,3)29-17-7-5-6-8-18-30-31-20-22-9-13-23(14-10-22)25(28)32-24-15-11-21(19-27)12-16-24/h9-16H,4-8,17-18,20H2,1-3H3. The molecule has 0 unspecified atom stereocenters. The zero-order chi connectivity index (χ0) is 23.2. The Bertz CT molecular complexity index is 853. The number of hydrogen-bond donors (Lipinski definition) is 0. The number of carbonyl (C=O) groups is 1. The predicted molar refractivity (Wildman–Crippen MR) is 122 cm³/mol. The van der Waals surface area contributed by atoms with Crippen LogP contribution in [0.1, 0.15) is 74.4 Å². The maximum atomic E-state index is 12.2. The van der Waals surface area contributed by atoms with Gasteiger partial charge in [0.1, 0.15) is 12.4 Å². The minimum Gasteiger partial charge on any atom is -0.423 e. The van der Waals surface area contributed by atoms with Crippen LogP contribution in [0.15, 0.2) is 48.5 Å². The molecule has 2 aromatic carbocycles. The zero-order valence-corrected chi connectivity index (χ0v) is 19.3. The second-order valence-corrected chi connectivity index (χ2v) is 8.18. The van der Waals surface area contributed by atoms with E-state index in [1.165, 1.54) is 0 Å². The number of carbonyl (C=O) groups excluding carboxylic acids is 1. The van der Waals surface area contributed by atoms with Crippen molar-refractivity contribution in [2.24, 2.45) is 0 Å². The van der Waals surface area contributed by atoms with Crippen LogP contribution in [0.25, 0.3) is 0 Å². The molecule has 0 amide bonds. The fraction of sp³-hybridized carbons (Fsp3) is 0.462. The van der Waals surface area contributed by atoms with Gasteiger partial charge in [-0.2, -0.15) is 5.26 Å². The average molecular weight is 440 g/mol. The first-order valence-corrected chi connectivity index (χ1v) is 11.1. The summed E-state index contributed by atoms with van der Waals surface area (Å²) >= 11 is 0. The Morgan fingerprint density at radius 3 is 2.19 bits per heavy atom. The van der Waals surface area contributed by atoms with E-state index in [0.29, 0.717) is 30.1 Å². The second-order valence-electron chi connectivity index (χ2n) is 8.18. The molecule has 0 N–H and O–H groups in total. The molecule has 0 aliphatic rings. The van der Waals surface area contributed by atoms with Crippen LogP contribution in [0, 0.1) is 11.3 Å². The summed E-state index contributed by atoms with van der Waals surface area (Å²) in [5, 5.41) is 8.81. The van der Waals surface area contributed by atoms with Crippen molar-refractivity contribution in [3.05, 3.63) is 65.2 Å². The smallest absolute Gasteiger partial charge is 0.343 e. The van der Waals surface area contributed by atoms with Gasteiger partial charge in [-0.05, 0) is 75.1 Å². The first kappa shape index (κ1) is 25.5. The summed E-state index contributed by atoms with van der Waals surface area (Å²) in [4.78, 5) is 22.7. The van der Waals surface area contributed by atoms with Gasteiger partial charge in [0.15, 0.2) is 0 Å². The van der Waals surface area contributed by atoms with E-state index in [1.807, 2.05) is 6.07 Å². The van der Waals surface area contributed by atoms with Gasteiger partial charge in [0, 0.05) is 6.61 Å². The molecule has 0 heterocycles. The van der Waals surface area contributed by atoms with Crippen molar-refractivity contribution in [3.8, 4) is 11.8 Å². The molecule has 0 aliphatic carbocycles. The number of ether oxygens (including phenoxy) is 2. The molecule has 0 radical (unpaired) electrons. The minimum absolute atomic E-state index is 0.0273. The molecule has 2 rings (SSSR count). The van der Waals surface area contributed by atoms with E-state index in [9.17, 15) is 4.79 Å². The van der Waals surface area contributed by atoms with Crippen molar-refractivity contribution in [1.29, 1.82) is 5.26 Å². The van der Waals surface area contributed by atoms with Crippen LogP contribution in [0.4, 0.5) is 0 Å². The number of nitrogens with zero attached hydrogens (tertiary/aromatic N) is 1. The van der Waals surface area contributed by atoms with Crippen LogP contribution in [-0.4, -0.2) is 24.8 Å². The molecule has 6 nitrogen and oxygen atoms in total. The third-order valence-electron chi connectivity index (χ3n) is 5.16. The molecule has 0 saturated carbocycles. The third kappa shape index (κ3) is 9.61. The fourth-order valence-electron chi connectivity index (χ4n) is 2.74. The van der Waals surface area contributed by atoms with E-state index >= 15 is 0 Å². The second kappa shape index (κ2) is 13.6. The largest absolute Gasteiger partial charge is 0.423 e. The SMILES string of the molecule is CCC(C)(C)OCCCCCCOOCc1ccc(C(=O)Oc2ccc(C#N)cc2)cc1. The first-order chi connectivity index (χ1) is 15.4. The lowest BCUT2D eigenvalue weighted by Crippen LogP contribution is -2.23. The predicted octanol–water partition coefficient (Wildman–Crippen LogP) is 5.99. The summed E-state index contributed by atoms with van der Waals surface area (Å²) in [6.07, 6.45) is 5.21. The van der Waals surface area contributed by atoms with Crippen molar-refractivity contribution in [2.75, 3.05) is 13.2 Å². The molecule has 172 valence electrons. The summed E-state index contributed by atoms with van der Waals surface area (Å²) in [7, 11) is 0. The molecular weight excluding hydrogens is 406 g/mol. The van der Waals surface area contributed by atoms with Crippen molar-refractivity contribution < 1.29 is 24.0 Å². The van der Waals surface area contributed by atoms with Gasteiger partial charge in [0.2, 0.25) is 0 Å². The highest BCUT2D eigenvalue weighted by Crippen LogP contribution is 2.16. The monoisotopic (exact) mass is 439 g/mol. The molecule has 0 fully saturated rings. The summed E-state index contributed by atoms with van der Waals surface area (Å²) < 4.78 is 11.1. The van der Waals surface area contributed by atoms with Crippen molar-refractivity contribution in [3.63, 3.8) is 0 Å². The van der Waals surface area contributed by atoms with Crippen LogP contribution in [0.3, 0.4) is 0 Å². The average Bonchev–Trinajstić information content (AvgIpc) is 2.81. The number of rotatable bonds is 14. The van der Waals surface area contributed by atoms with E-state index in [0.717, 1.165) is 44.3 Å². The lowest BCUT2D eigenvalue weighted by molar-refractivity contribution is -0.304. The summed E-state index contributed by atoms with van der Waals surface area (Å²) in [6, 6.07) is 15.4. The van der Waals surface area contributed by atoms with Gasteiger partial charge in [0.25, 0.3) is 0 Å². The Morgan fingerprint density at radius 1 is 0.906 bits per heavy atom. The topological polar surface area (TPSA) is 77.8 Å². The van der Waals surface area contributed by atoms with Gasteiger partial charge in [0.05, 0.1) is 29.4 Å². The van der Waals surface area contributed by atoms with Gasteiger partial charge >= 0.3 is 5.97 Å². The molecule has 32 heavy (non-hydrogen) atoms. The Kier molecular flexibility index (Phi) is 10.9. The Hall–Kier alpha value is -2.72. The summed E-state index contributed by atoms with van der Waals surface area (Å²) in [5.41, 5.74) is 1.82. The van der Waals surface area contributed by atoms with E-state index < -0.39 is 5.97 Å². The van der Waals surface area contributed by atoms with Gasteiger partial charge in [-0.3, -0.25) is 0 Å². The van der Waals surface area contributed by atoms with Crippen LogP contribution >= 0.6 is 0 Å². The molecular formula is C26H33NO5. The van der Waals surface area contributed by atoms with Gasteiger partial charge in [-0.1, -0.05) is 31.9 Å². The van der Waals surface area contributed by atoms with Gasteiger partial charge in [-0.15, -0.1) is 0 Å². The summed E-state index contributed by atoms with van der Waals surface area (Å²) in [6.45, 7) is 8.04. The molecule has 0 aromatic heterocycles. The molecule has 0 atom stereocenters. The van der Waals surface area contributed by atoms with E-state index in [-0.39, 0.29) is 5.60 Å². The van der Waals surface area contributed by atoms with Crippen molar-refractivity contribution in [1.82, 2.24) is 0 Å². The van der Waals surface area contributed by atoms with E-state index in [2.05, 4.69) is 20.8 Å². The first-order valence-electron chi connectivity index (χ1n) is 11.1. The van der Waals surface area contributed by atoms with Crippen LogP contribution < -0.4 is 4.74 Å². The van der Waals surface area contributed by atoms with Crippen molar-refractivity contribution >= 4 is 5.97 Å². The molecule has 0 spiro atoms. The molecule has 0 bridgehead atoms. The number of benzene rings is 2. The van der Waals surface area contributed by atoms with E-state index in [1.54, 1.807) is 48.5 Å². The van der Waals surface area contributed by atoms with Crippen molar-refractivity contribution in [2.45, 2.75) is 65.1 Å². The Labute approximate surface area is 191 Å². The van der Waals surface area contributed by atoms with Crippen LogP contribution in [0.2, 0.25) is 0 Å². The minimum atomic E-state index is -0.456. The maximum Gasteiger partial charge on any atom is 0.343 e. The Balaban J connectivity index is 1.57. The number of hydrogen-bond acceptors (Lipinski definition) is 6. The number of esters is 1. The molecule has 6 heteroatoms.